The summed E-state index contributed by atoms with van der Waals surface area (Å²) in [4.78, 5) is 21.9. The Kier molecular flexibility index (Phi) is 2.52. The molecule has 2 atom stereocenters. The molecule has 4 heteroatoms. The molecule has 0 aromatic heterocycles. The van der Waals surface area contributed by atoms with E-state index in [2.05, 4.69) is 11.2 Å². The summed E-state index contributed by atoms with van der Waals surface area (Å²) in [6.07, 6.45) is 5.61. The molecule has 0 bridgehead atoms. The highest BCUT2D eigenvalue weighted by Gasteiger charge is 2.48. The number of carbonyl (C=O) groups is 2. The molecule has 1 rings (SSSR count). The van der Waals surface area contributed by atoms with Gasteiger partial charge in [-0.1, -0.05) is 5.92 Å². The van der Waals surface area contributed by atoms with E-state index in [0.29, 0.717) is 6.42 Å². The Bertz CT molecular complexity index is 314. The number of carbonyl (C=O) groups excluding carboxylic acids is 1. The van der Waals surface area contributed by atoms with Crippen molar-refractivity contribution < 1.29 is 14.7 Å². The molecule has 0 spiro atoms. The molecule has 1 amide bonds. The number of carboxylic acids is 1. The summed E-state index contributed by atoms with van der Waals surface area (Å²) in [7, 11) is 0. The van der Waals surface area contributed by atoms with Crippen molar-refractivity contribution in [1.82, 2.24) is 5.32 Å². The van der Waals surface area contributed by atoms with E-state index in [1.54, 1.807) is 13.8 Å². The lowest BCUT2D eigenvalue weighted by Crippen LogP contribution is -2.43. The molecule has 1 aliphatic carbocycles. The maximum atomic E-state index is 11.4. The number of hydrogen-bond donors (Lipinski definition) is 2. The first-order valence-electron chi connectivity index (χ1n) is 4.40. The first-order chi connectivity index (χ1) is 6.37. The second kappa shape index (κ2) is 3.33. The molecule has 14 heavy (non-hydrogen) atoms. The SMILES string of the molecule is C#CC(C)(C)NC(=O)C1CC1C(=O)O. The minimum Gasteiger partial charge on any atom is -0.481 e. The Morgan fingerprint density at radius 3 is 2.43 bits per heavy atom. The fourth-order valence-corrected chi connectivity index (χ4v) is 1.19. The molecule has 0 saturated heterocycles. The molecule has 76 valence electrons. The maximum Gasteiger partial charge on any atom is 0.307 e. The number of amides is 1. The fraction of sp³-hybridized carbons (Fsp3) is 0.600. The number of rotatable bonds is 3. The summed E-state index contributed by atoms with van der Waals surface area (Å²) in [5.74, 6) is 0.316. The van der Waals surface area contributed by atoms with Crippen LogP contribution >= 0.6 is 0 Å². The molecule has 0 radical (unpaired) electrons. The summed E-state index contributed by atoms with van der Waals surface area (Å²) in [5, 5.41) is 11.2. The van der Waals surface area contributed by atoms with Crippen LogP contribution in [-0.4, -0.2) is 22.5 Å². The second-order valence-corrected chi connectivity index (χ2v) is 4.05. The van der Waals surface area contributed by atoms with Gasteiger partial charge in [-0.2, -0.15) is 0 Å². The van der Waals surface area contributed by atoms with Crippen LogP contribution in [0.25, 0.3) is 0 Å². The van der Waals surface area contributed by atoms with E-state index in [0.717, 1.165) is 0 Å². The van der Waals surface area contributed by atoms with E-state index in [9.17, 15) is 9.59 Å². The van der Waals surface area contributed by atoms with Crippen LogP contribution in [0.5, 0.6) is 0 Å². The lowest BCUT2D eigenvalue weighted by Gasteiger charge is -2.19. The molecule has 0 aromatic carbocycles. The van der Waals surface area contributed by atoms with Gasteiger partial charge in [0.1, 0.15) is 0 Å². The topological polar surface area (TPSA) is 66.4 Å². The number of aliphatic carboxylic acids is 1. The molecule has 2 unspecified atom stereocenters. The first kappa shape index (κ1) is 10.6. The molecule has 2 N–H and O–H groups in total. The standard InChI is InChI=1S/C10H13NO3/c1-4-10(2,3)11-8(12)6-5-7(6)9(13)14/h1,6-7H,5H2,2-3H3,(H,11,12)(H,13,14). The van der Waals surface area contributed by atoms with Gasteiger partial charge in [0.15, 0.2) is 0 Å². The second-order valence-electron chi connectivity index (χ2n) is 4.05. The van der Waals surface area contributed by atoms with E-state index in [1.807, 2.05) is 0 Å². The highest BCUT2D eigenvalue weighted by Crippen LogP contribution is 2.38. The molecule has 1 fully saturated rings. The zero-order valence-electron chi connectivity index (χ0n) is 8.20. The third-order valence-electron chi connectivity index (χ3n) is 2.24. The van der Waals surface area contributed by atoms with Gasteiger partial charge in [-0.15, -0.1) is 6.42 Å². The minimum atomic E-state index is -0.913. The number of carboxylic acid groups (broad SMARTS) is 1. The van der Waals surface area contributed by atoms with E-state index in [4.69, 9.17) is 11.5 Å². The van der Waals surface area contributed by atoms with Crippen LogP contribution < -0.4 is 5.32 Å². The average molecular weight is 195 g/mol. The van der Waals surface area contributed by atoms with Crippen LogP contribution in [0.4, 0.5) is 0 Å². The molecular weight excluding hydrogens is 182 g/mol. The zero-order chi connectivity index (χ0) is 10.9. The van der Waals surface area contributed by atoms with Crippen molar-refractivity contribution in [2.45, 2.75) is 25.8 Å². The van der Waals surface area contributed by atoms with Crippen LogP contribution in [0.2, 0.25) is 0 Å². The zero-order valence-corrected chi connectivity index (χ0v) is 8.20. The van der Waals surface area contributed by atoms with Crippen LogP contribution in [-0.2, 0) is 9.59 Å². The Morgan fingerprint density at radius 2 is 2.07 bits per heavy atom. The number of hydrogen-bond acceptors (Lipinski definition) is 2. The van der Waals surface area contributed by atoms with Gasteiger partial charge in [0, 0.05) is 0 Å². The van der Waals surface area contributed by atoms with Gasteiger partial charge >= 0.3 is 5.97 Å². The molecule has 0 heterocycles. The van der Waals surface area contributed by atoms with Crippen molar-refractivity contribution in [2.24, 2.45) is 11.8 Å². The molecular formula is C10H13NO3. The normalized spacial score (nSPS) is 24.9. The number of terminal acetylenes is 1. The van der Waals surface area contributed by atoms with E-state index < -0.39 is 23.3 Å². The quantitative estimate of drug-likeness (QED) is 0.634. The largest absolute Gasteiger partial charge is 0.481 e. The molecule has 0 aromatic rings. The van der Waals surface area contributed by atoms with Crippen molar-refractivity contribution in [1.29, 1.82) is 0 Å². The maximum absolute atomic E-state index is 11.4. The van der Waals surface area contributed by atoms with Crippen molar-refractivity contribution in [3.8, 4) is 12.3 Å². The monoisotopic (exact) mass is 195 g/mol. The first-order valence-corrected chi connectivity index (χ1v) is 4.40. The summed E-state index contributed by atoms with van der Waals surface area (Å²) in [5.41, 5.74) is -0.706. The molecule has 0 aliphatic heterocycles. The lowest BCUT2D eigenvalue weighted by molar-refractivity contribution is -0.140. The number of nitrogens with one attached hydrogen (secondary N) is 1. The third-order valence-corrected chi connectivity index (χ3v) is 2.24. The van der Waals surface area contributed by atoms with Gasteiger partial charge in [0.25, 0.3) is 0 Å². The summed E-state index contributed by atoms with van der Waals surface area (Å²) in [6.45, 7) is 3.39. The van der Waals surface area contributed by atoms with Crippen LogP contribution in [0, 0.1) is 24.2 Å². The van der Waals surface area contributed by atoms with Gasteiger partial charge in [0.05, 0.1) is 17.4 Å². The lowest BCUT2D eigenvalue weighted by atomic mass is 10.1. The minimum absolute atomic E-state index is 0.264. The molecule has 4 nitrogen and oxygen atoms in total. The predicted octanol–water partition coefficient (Wildman–Crippen LogP) is 0.235. The van der Waals surface area contributed by atoms with E-state index in [1.165, 1.54) is 0 Å². The van der Waals surface area contributed by atoms with Crippen molar-refractivity contribution in [3.63, 3.8) is 0 Å². The smallest absolute Gasteiger partial charge is 0.307 e. The van der Waals surface area contributed by atoms with Crippen molar-refractivity contribution in [2.75, 3.05) is 0 Å². The summed E-state index contributed by atoms with van der Waals surface area (Å²) < 4.78 is 0. The Labute approximate surface area is 82.7 Å². The van der Waals surface area contributed by atoms with Gasteiger partial charge in [-0.25, -0.2) is 0 Å². The van der Waals surface area contributed by atoms with Gasteiger partial charge in [-0.05, 0) is 20.3 Å². The fourth-order valence-electron chi connectivity index (χ4n) is 1.19. The van der Waals surface area contributed by atoms with Gasteiger partial charge < -0.3 is 10.4 Å². The van der Waals surface area contributed by atoms with Gasteiger partial charge in [-0.3, -0.25) is 9.59 Å². The summed E-state index contributed by atoms with van der Waals surface area (Å²) >= 11 is 0. The Morgan fingerprint density at radius 1 is 1.50 bits per heavy atom. The highest BCUT2D eigenvalue weighted by atomic mass is 16.4. The van der Waals surface area contributed by atoms with Crippen molar-refractivity contribution >= 4 is 11.9 Å². The van der Waals surface area contributed by atoms with Crippen molar-refractivity contribution in [3.05, 3.63) is 0 Å². The van der Waals surface area contributed by atoms with Crippen LogP contribution in [0.15, 0.2) is 0 Å². The van der Waals surface area contributed by atoms with E-state index in [-0.39, 0.29) is 5.91 Å². The highest BCUT2D eigenvalue weighted by molar-refractivity contribution is 5.90. The van der Waals surface area contributed by atoms with Gasteiger partial charge in [0.2, 0.25) is 5.91 Å². The predicted molar refractivity (Wildman–Crippen MR) is 50.3 cm³/mol. The molecule has 1 aliphatic rings. The third kappa shape index (κ3) is 2.25. The average Bonchev–Trinajstić information content (AvgIpc) is 2.82. The summed E-state index contributed by atoms with van der Waals surface area (Å²) in [6, 6.07) is 0. The van der Waals surface area contributed by atoms with Crippen LogP contribution in [0.3, 0.4) is 0 Å². The van der Waals surface area contributed by atoms with Crippen LogP contribution in [0.1, 0.15) is 20.3 Å². The Balaban J connectivity index is 2.47. The molecule has 1 saturated carbocycles. The van der Waals surface area contributed by atoms with E-state index >= 15 is 0 Å². The Hall–Kier alpha value is -1.50.